The lowest BCUT2D eigenvalue weighted by Crippen LogP contribution is -2.22. The lowest BCUT2D eigenvalue weighted by atomic mass is 10.2. The first-order chi connectivity index (χ1) is 14.6. The van der Waals surface area contributed by atoms with Gasteiger partial charge in [-0.1, -0.05) is 12.1 Å². The van der Waals surface area contributed by atoms with Crippen LogP contribution < -0.4 is 10.6 Å². The molecule has 0 radical (unpaired) electrons. The second kappa shape index (κ2) is 6.98. The highest BCUT2D eigenvalue weighted by atomic mass is 16.2. The molecule has 0 fully saturated rings. The SMILES string of the molecule is CCn1c(NC(=O)c2ccc3cc4n(c3n2)C(C)CCNC4=O)nc2ccccc21. The molecule has 3 aromatic heterocycles. The van der Waals surface area contributed by atoms with Crippen molar-refractivity contribution in [1.82, 2.24) is 24.4 Å². The summed E-state index contributed by atoms with van der Waals surface area (Å²) in [5, 5.41) is 6.65. The summed E-state index contributed by atoms with van der Waals surface area (Å²) in [5.74, 6) is 0.0514. The molecular weight excluding hydrogens is 380 g/mol. The molecule has 1 aromatic carbocycles. The van der Waals surface area contributed by atoms with Crippen molar-refractivity contribution in [1.29, 1.82) is 0 Å². The number of hydrogen-bond donors (Lipinski definition) is 2. The molecule has 1 unspecified atom stereocenters. The Hall–Kier alpha value is -3.68. The first-order valence-corrected chi connectivity index (χ1v) is 10.1. The Morgan fingerprint density at radius 2 is 2.07 bits per heavy atom. The molecule has 152 valence electrons. The zero-order chi connectivity index (χ0) is 20.8. The Balaban J connectivity index is 1.54. The van der Waals surface area contributed by atoms with Gasteiger partial charge in [-0.2, -0.15) is 0 Å². The zero-order valence-corrected chi connectivity index (χ0v) is 16.8. The third-order valence-corrected chi connectivity index (χ3v) is 5.64. The number of carbonyl (C=O) groups excluding carboxylic acids is 2. The standard InChI is InChI=1S/C22H22N6O2/c1-3-27-17-7-5-4-6-15(17)25-22(27)26-20(29)16-9-8-14-12-18-21(30)23-11-10-13(2)28(18)19(14)24-16/h4-9,12-13H,3,10-11H2,1-2H3,(H,23,30)(H,25,26,29). The predicted molar refractivity (Wildman–Crippen MR) is 115 cm³/mol. The second-order valence-corrected chi connectivity index (χ2v) is 7.53. The third kappa shape index (κ3) is 2.83. The molecule has 0 aliphatic carbocycles. The van der Waals surface area contributed by atoms with Gasteiger partial charge in [0.15, 0.2) is 0 Å². The lowest BCUT2D eigenvalue weighted by Gasteiger charge is -2.13. The number of nitrogens with one attached hydrogen (secondary N) is 2. The average molecular weight is 402 g/mol. The summed E-state index contributed by atoms with van der Waals surface area (Å²) < 4.78 is 3.89. The maximum Gasteiger partial charge on any atom is 0.276 e. The molecule has 5 rings (SSSR count). The first-order valence-electron chi connectivity index (χ1n) is 10.1. The number of hydrogen-bond acceptors (Lipinski definition) is 4. The van der Waals surface area contributed by atoms with E-state index in [4.69, 9.17) is 0 Å². The number of pyridine rings is 1. The van der Waals surface area contributed by atoms with E-state index in [1.165, 1.54) is 0 Å². The molecule has 1 atom stereocenters. The van der Waals surface area contributed by atoms with Crippen LogP contribution in [-0.2, 0) is 6.54 Å². The molecule has 4 aromatic rings. The van der Waals surface area contributed by atoms with Gasteiger partial charge in [0.05, 0.1) is 11.0 Å². The van der Waals surface area contributed by atoms with E-state index in [2.05, 4.69) is 27.5 Å². The number of imidazole rings is 1. The number of nitrogens with zero attached hydrogens (tertiary/aromatic N) is 4. The third-order valence-electron chi connectivity index (χ3n) is 5.64. The number of rotatable bonds is 3. The number of carbonyl (C=O) groups is 2. The van der Waals surface area contributed by atoms with Crippen LogP contribution in [0.15, 0.2) is 42.5 Å². The number of fused-ring (bicyclic) bond motifs is 4. The number of para-hydroxylation sites is 2. The van der Waals surface area contributed by atoms with Crippen molar-refractivity contribution in [3.8, 4) is 0 Å². The van der Waals surface area contributed by atoms with E-state index in [0.29, 0.717) is 30.4 Å². The van der Waals surface area contributed by atoms with Crippen LogP contribution in [0.3, 0.4) is 0 Å². The maximum absolute atomic E-state index is 13.0. The minimum Gasteiger partial charge on any atom is -0.351 e. The van der Waals surface area contributed by atoms with E-state index in [1.54, 1.807) is 6.07 Å². The van der Waals surface area contributed by atoms with Crippen LogP contribution in [-0.4, -0.2) is 37.5 Å². The predicted octanol–water partition coefficient (Wildman–Crippen LogP) is 3.35. The topological polar surface area (TPSA) is 93.8 Å². The Bertz CT molecular complexity index is 1300. The van der Waals surface area contributed by atoms with Gasteiger partial charge in [0.1, 0.15) is 17.0 Å². The number of aryl methyl sites for hydroxylation is 1. The molecular formula is C22H22N6O2. The van der Waals surface area contributed by atoms with E-state index >= 15 is 0 Å². The summed E-state index contributed by atoms with van der Waals surface area (Å²) in [4.78, 5) is 34.5. The normalized spacial score (nSPS) is 16.3. The lowest BCUT2D eigenvalue weighted by molar-refractivity contribution is 0.0950. The highest BCUT2D eigenvalue weighted by Gasteiger charge is 2.24. The summed E-state index contributed by atoms with van der Waals surface area (Å²) in [5.41, 5.74) is 3.30. The van der Waals surface area contributed by atoms with Crippen molar-refractivity contribution in [2.24, 2.45) is 0 Å². The Kier molecular flexibility index (Phi) is 4.27. The summed E-state index contributed by atoms with van der Waals surface area (Å²) in [6.07, 6.45) is 0.807. The number of amides is 2. The molecule has 0 bridgehead atoms. The van der Waals surface area contributed by atoms with Gasteiger partial charge < -0.3 is 14.5 Å². The van der Waals surface area contributed by atoms with Gasteiger partial charge in [0.2, 0.25) is 5.95 Å². The highest BCUT2D eigenvalue weighted by Crippen LogP contribution is 2.27. The Morgan fingerprint density at radius 3 is 2.90 bits per heavy atom. The number of anilines is 1. The van der Waals surface area contributed by atoms with E-state index in [9.17, 15) is 9.59 Å². The van der Waals surface area contributed by atoms with Crippen LogP contribution in [0.4, 0.5) is 5.95 Å². The van der Waals surface area contributed by atoms with Crippen LogP contribution in [0.25, 0.3) is 22.1 Å². The summed E-state index contributed by atoms with van der Waals surface area (Å²) in [6.45, 7) is 5.37. The van der Waals surface area contributed by atoms with Gasteiger partial charge in [0.25, 0.3) is 11.8 Å². The Labute approximate surface area is 172 Å². The highest BCUT2D eigenvalue weighted by molar-refractivity contribution is 6.04. The van der Waals surface area contributed by atoms with E-state index in [1.807, 2.05) is 52.5 Å². The van der Waals surface area contributed by atoms with Gasteiger partial charge >= 0.3 is 0 Å². The minimum absolute atomic E-state index is 0.103. The summed E-state index contributed by atoms with van der Waals surface area (Å²) in [6, 6.07) is 13.2. The fourth-order valence-corrected chi connectivity index (χ4v) is 4.11. The van der Waals surface area contributed by atoms with Crippen LogP contribution in [0.5, 0.6) is 0 Å². The van der Waals surface area contributed by atoms with Gasteiger partial charge in [-0.15, -0.1) is 0 Å². The van der Waals surface area contributed by atoms with Gasteiger partial charge in [-0.05, 0) is 50.6 Å². The molecule has 2 N–H and O–H groups in total. The Morgan fingerprint density at radius 1 is 1.23 bits per heavy atom. The molecule has 4 heterocycles. The fourth-order valence-electron chi connectivity index (χ4n) is 4.11. The molecule has 1 aliphatic rings. The molecule has 8 nitrogen and oxygen atoms in total. The molecule has 0 saturated heterocycles. The smallest absolute Gasteiger partial charge is 0.276 e. The largest absolute Gasteiger partial charge is 0.351 e. The van der Waals surface area contributed by atoms with Crippen LogP contribution in [0.1, 0.15) is 47.3 Å². The van der Waals surface area contributed by atoms with Gasteiger partial charge in [-0.3, -0.25) is 14.9 Å². The fraction of sp³-hybridized carbons (Fsp3) is 0.273. The first kappa shape index (κ1) is 18.4. The number of benzene rings is 1. The molecule has 0 saturated carbocycles. The molecule has 0 spiro atoms. The monoisotopic (exact) mass is 402 g/mol. The van der Waals surface area contributed by atoms with Crippen molar-refractivity contribution >= 4 is 39.8 Å². The van der Waals surface area contributed by atoms with E-state index < -0.39 is 0 Å². The van der Waals surface area contributed by atoms with Crippen LogP contribution >= 0.6 is 0 Å². The van der Waals surface area contributed by atoms with Crippen LogP contribution in [0, 0.1) is 0 Å². The quantitative estimate of drug-likeness (QED) is 0.549. The van der Waals surface area contributed by atoms with Crippen LogP contribution in [0.2, 0.25) is 0 Å². The molecule has 2 amide bonds. The molecule has 1 aliphatic heterocycles. The molecule has 30 heavy (non-hydrogen) atoms. The average Bonchev–Trinajstić information content (AvgIpc) is 3.26. The second-order valence-electron chi connectivity index (χ2n) is 7.53. The number of aromatic nitrogens is 4. The van der Waals surface area contributed by atoms with Crippen molar-refractivity contribution in [2.45, 2.75) is 32.9 Å². The van der Waals surface area contributed by atoms with E-state index in [0.717, 1.165) is 22.8 Å². The summed E-state index contributed by atoms with van der Waals surface area (Å²) in [7, 11) is 0. The minimum atomic E-state index is -0.330. The van der Waals surface area contributed by atoms with Crippen molar-refractivity contribution in [3.63, 3.8) is 0 Å². The van der Waals surface area contributed by atoms with Gasteiger partial charge in [0, 0.05) is 24.5 Å². The maximum atomic E-state index is 13.0. The zero-order valence-electron chi connectivity index (χ0n) is 16.8. The van der Waals surface area contributed by atoms with Gasteiger partial charge in [-0.25, -0.2) is 9.97 Å². The molecule has 8 heteroatoms. The van der Waals surface area contributed by atoms with E-state index in [-0.39, 0.29) is 23.6 Å². The van der Waals surface area contributed by atoms with Crippen molar-refractivity contribution in [3.05, 3.63) is 53.9 Å². The van der Waals surface area contributed by atoms with Crippen molar-refractivity contribution in [2.75, 3.05) is 11.9 Å². The summed E-state index contributed by atoms with van der Waals surface area (Å²) >= 11 is 0. The van der Waals surface area contributed by atoms with Crippen molar-refractivity contribution < 1.29 is 9.59 Å².